The number of aliphatic hydroxyl groups excluding tert-OH is 2. The molecule has 2 heterocycles. The van der Waals surface area contributed by atoms with Gasteiger partial charge < -0.3 is 24.6 Å². The number of amides is 1. The Morgan fingerprint density at radius 3 is 2.63 bits per heavy atom. The molecule has 2 fully saturated rings. The van der Waals surface area contributed by atoms with E-state index in [4.69, 9.17) is 9.47 Å². The second-order valence-corrected chi connectivity index (χ2v) is 7.74. The lowest BCUT2D eigenvalue weighted by Crippen LogP contribution is -2.48. The van der Waals surface area contributed by atoms with Crippen LogP contribution in [-0.2, 0) is 14.3 Å². The van der Waals surface area contributed by atoms with Gasteiger partial charge in [0, 0.05) is 45.6 Å². The van der Waals surface area contributed by atoms with Gasteiger partial charge in [-0.15, -0.1) is 6.58 Å². The van der Waals surface area contributed by atoms with Crippen LogP contribution in [0.15, 0.2) is 12.7 Å². The molecule has 27 heavy (non-hydrogen) atoms. The molecule has 0 saturated carbocycles. The molecule has 2 aliphatic rings. The molecule has 7 heteroatoms. The van der Waals surface area contributed by atoms with Crippen LogP contribution in [0.5, 0.6) is 0 Å². The zero-order valence-electron chi connectivity index (χ0n) is 16.8. The van der Waals surface area contributed by atoms with Gasteiger partial charge in [-0.25, -0.2) is 0 Å². The van der Waals surface area contributed by atoms with Gasteiger partial charge in [0.1, 0.15) is 6.10 Å². The third-order valence-electron chi connectivity index (χ3n) is 5.42. The molecule has 0 unspecified atom stereocenters. The summed E-state index contributed by atoms with van der Waals surface area (Å²) < 4.78 is 11.3. The van der Waals surface area contributed by atoms with Gasteiger partial charge in [-0.3, -0.25) is 9.69 Å². The van der Waals surface area contributed by atoms with Crippen LogP contribution in [0.3, 0.4) is 0 Å². The van der Waals surface area contributed by atoms with Crippen molar-refractivity contribution in [1.82, 2.24) is 9.80 Å². The standard InChI is InChI=1S/C20H36N2O5/c1-4-9-21-10-12-22(13-11-21)19(25)8-6-5-7-15(2)26-20-18(24)14-17(23)16(3)27-20/h4,15-18,20,23-24H,1,5-14H2,2-3H3/t15-,16+,17-,18-,20-/m1/s1. The van der Waals surface area contributed by atoms with Crippen molar-refractivity contribution in [2.45, 2.75) is 76.7 Å². The third-order valence-corrected chi connectivity index (χ3v) is 5.42. The van der Waals surface area contributed by atoms with E-state index in [2.05, 4.69) is 11.5 Å². The molecule has 0 radical (unpaired) electrons. The molecule has 0 spiro atoms. The number of hydrogen-bond acceptors (Lipinski definition) is 6. The maximum atomic E-state index is 12.3. The summed E-state index contributed by atoms with van der Waals surface area (Å²) in [6.45, 7) is 11.8. The first-order chi connectivity index (χ1) is 12.9. The average Bonchev–Trinajstić information content (AvgIpc) is 2.64. The van der Waals surface area contributed by atoms with Crippen molar-refractivity contribution in [3.8, 4) is 0 Å². The number of hydrogen-bond donors (Lipinski definition) is 2. The van der Waals surface area contributed by atoms with E-state index < -0.39 is 18.5 Å². The van der Waals surface area contributed by atoms with Crippen LogP contribution in [0.1, 0.15) is 46.0 Å². The van der Waals surface area contributed by atoms with Crippen LogP contribution in [-0.4, -0.2) is 89.3 Å². The summed E-state index contributed by atoms with van der Waals surface area (Å²) in [4.78, 5) is 16.6. The Kier molecular flexibility index (Phi) is 9.18. The summed E-state index contributed by atoms with van der Waals surface area (Å²) in [5.41, 5.74) is 0. The van der Waals surface area contributed by atoms with Crippen LogP contribution >= 0.6 is 0 Å². The van der Waals surface area contributed by atoms with Crippen LogP contribution in [0.25, 0.3) is 0 Å². The molecule has 7 nitrogen and oxygen atoms in total. The first kappa shape index (κ1) is 22.3. The number of ether oxygens (including phenoxy) is 2. The summed E-state index contributed by atoms with van der Waals surface area (Å²) in [7, 11) is 0. The fraction of sp³-hybridized carbons (Fsp3) is 0.850. The highest BCUT2D eigenvalue weighted by Gasteiger charge is 2.35. The SMILES string of the molecule is C=CCN1CCN(C(=O)CCCC[C@@H](C)O[C@@H]2O[C@@H](C)[C@H](O)C[C@H]2O)CC1. The summed E-state index contributed by atoms with van der Waals surface area (Å²) in [5.74, 6) is 0.232. The van der Waals surface area contributed by atoms with Crippen LogP contribution in [0.2, 0.25) is 0 Å². The smallest absolute Gasteiger partial charge is 0.222 e. The molecule has 5 atom stereocenters. The van der Waals surface area contributed by atoms with E-state index >= 15 is 0 Å². The minimum atomic E-state index is -0.806. The van der Waals surface area contributed by atoms with E-state index in [1.807, 2.05) is 17.9 Å². The molecule has 0 bridgehead atoms. The summed E-state index contributed by atoms with van der Waals surface area (Å²) in [6, 6.07) is 0. The molecule has 0 aliphatic carbocycles. The first-order valence-corrected chi connectivity index (χ1v) is 10.2. The molecule has 2 rings (SSSR count). The van der Waals surface area contributed by atoms with Crippen molar-refractivity contribution in [2.24, 2.45) is 0 Å². The van der Waals surface area contributed by atoms with Gasteiger partial charge in [-0.05, 0) is 26.7 Å². The molecule has 0 aromatic heterocycles. The van der Waals surface area contributed by atoms with E-state index in [-0.39, 0.29) is 24.5 Å². The second-order valence-electron chi connectivity index (χ2n) is 7.74. The van der Waals surface area contributed by atoms with Gasteiger partial charge >= 0.3 is 0 Å². The maximum absolute atomic E-state index is 12.3. The summed E-state index contributed by atoms with van der Waals surface area (Å²) in [6.07, 6.45) is 2.73. The monoisotopic (exact) mass is 384 g/mol. The maximum Gasteiger partial charge on any atom is 0.222 e. The second kappa shape index (κ2) is 11.1. The number of nitrogens with zero attached hydrogens (tertiary/aromatic N) is 2. The van der Waals surface area contributed by atoms with Crippen molar-refractivity contribution >= 4 is 5.91 Å². The third kappa shape index (κ3) is 7.16. The minimum absolute atomic E-state index is 0.0651. The fourth-order valence-electron chi connectivity index (χ4n) is 3.59. The Morgan fingerprint density at radius 2 is 1.96 bits per heavy atom. The van der Waals surface area contributed by atoms with E-state index in [1.165, 1.54) is 0 Å². The normalized spacial score (nSPS) is 30.9. The van der Waals surface area contributed by atoms with E-state index in [1.54, 1.807) is 6.92 Å². The number of carbonyl (C=O) groups excluding carboxylic acids is 1. The van der Waals surface area contributed by atoms with Crippen LogP contribution in [0.4, 0.5) is 0 Å². The fourth-order valence-corrected chi connectivity index (χ4v) is 3.59. The Morgan fingerprint density at radius 1 is 1.26 bits per heavy atom. The van der Waals surface area contributed by atoms with Crippen LogP contribution < -0.4 is 0 Å². The zero-order valence-corrected chi connectivity index (χ0v) is 16.8. The van der Waals surface area contributed by atoms with E-state index in [0.29, 0.717) is 6.42 Å². The quantitative estimate of drug-likeness (QED) is 0.458. The van der Waals surface area contributed by atoms with E-state index in [0.717, 1.165) is 52.0 Å². The van der Waals surface area contributed by atoms with Gasteiger partial charge in [0.15, 0.2) is 6.29 Å². The predicted molar refractivity (Wildman–Crippen MR) is 103 cm³/mol. The van der Waals surface area contributed by atoms with Crippen molar-refractivity contribution in [3.05, 3.63) is 12.7 Å². The van der Waals surface area contributed by atoms with E-state index in [9.17, 15) is 15.0 Å². The topological polar surface area (TPSA) is 82.5 Å². The molecule has 0 aromatic carbocycles. The largest absolute Gasteiger partial charge is 0.390 e. The number of piperazine rings is 1. The lowest BCUT2D eigenvalue weighted by molar-refractivity contribution is -0.273. The van der Waals surface area contributed by atoms with Gasteiger partial charge in [0.25, 0.3) is 0 Å². The highest BCUT2D eigenvalue weighted by molar-refractivity contribution is 5.76. The summed E-state index contributed by atoms with van der Waals surface area (Å²) >= 11 is 0. The lowest BCUT2D eigenvalue weighted by atomic mass is 10.0. The molecule has 2 saturated heterocycles. The molecule has 0 aromatic rings. The predicted octanol–water partition coefficient (Wildman–Crippen LogP) is 1.14. The summed E-state index contributed by atoms with van der Waals surface area (Å²) in [5, 5.41) is 19.7. The highest BCUT2D eigenvalue weighted by Crippen LogP contribution is 2.23. The lowest BCUT2D eigenvalue weighted by Gasteiger charge is -2.36. The molecular weight excluding hydrogens is 348 g/mol. The highest BCUT2D eigenvalue weighted by atomic mass is 16.7. The van der Waals surface area contributed by atoms with Crippen molar-refractivity contribution in [3.63, 3.8) is 0 Å². The van der Waals surface area contributed by atoms with Crippen molar-refractivity contribution in [1.29, 1.82) is 0 Å². The molecule has 156 valence electrons. The van der Waals surface area contributed by atoms with Gasteiger partial charge in [0.05, 0.1) is 18.3 Å². The number of aliphatic hydroxyl groups is 2. The first-order valence-electron chi connectivity index (χ1n) is 10.2. The zero-order chi connectivity index (χ0) is 19.8. The Bertz CT molecular complexity index is 467. The Hall–Kier alpha value is -0.990. The average molecular weight is 385 g/mol. The molecule has 2 aliphatic heterocycles. The molecular formula is C20H36N2O5. The molecule has 2 N–H and O–H groups in total. The van der Waals surface area contributed by atoms with Gasteiger partial charge in [-0.1, -0.05) is 12.5 Å². The Labute approximate surface area is 162 Å². The molecule has 1 amide bonds. The van der Waals surface area contributed by atoms with Crippen LogP contribution in [0, 0.1) is 0 Å². The minimum Gasteiger partial charge on any atom is -0.390 e. The van der Waals surface area contributed by atoms with Gasteiger partial charge in [0.2, 0.25) is 5.91 Å². The Balaban J connectivity index is 1.58. The number of unbranched alkanes of at least 4 members (excludes halogenated alkanes) is 1. The number of carbonyl (C=O) groups is 1. The van der Waals surface area contributed by atoms with Crippen molar-refractivity contribution in [2.75, 3.05) is 32.7 Å². The van der Waals surface area contributed by atoms with Crippen molar-refractivity contribution < 1.29 is 24.5 Å². The number of rotatable bonds is 9. The van der Waals surface area contributed by atoms with Gasteiger partial charge in [-0.2, -0.15) is 0 Å².